The van der Waals surface area contributed by atoms with Gasteiger partial charge in [-0.25, -0.2) is 4.39 Å². The second-order valence-electron chi connectivity index (χ2n) is 4.75. The number of ketones is 1. The third kappa shape index (κ3) is 7.06. The maximum Gasteiger partial charge on any atom is 0.188 e. The zero-order valence-corrected chi connectivity index (χ0v) is 11.7. The average molecular weight is 266 g/mol. The van der Waals surface area contributed by atoms with Crippen LogP contribution in [-0.4, -0.2) is 19.0 Å². The Labute approximate surface area is 115 Å². The average Bonchev–Trinajstić information content (AvgIpc) is 2.42. The van der Waals surface area contributed by atoms with E-state index in [1.807, 2.05) is 0 Å². The largest absolute Gasteiger partial charge is 0.373 e. The van der Waals surface area contributed by atoms with Crippen molar-refractivity contribution in [2.24, 2.45) is 0 Å². The van der Waals surface area contributed by atoms with Crippen LogP contribution in [0.25, 0.3) is 0 Å². The smallest absolute Gasteiger partial charge is 0.188 e. The van der Waals surface area contributed by atoms with Gasteiger partial charge < -0.3 is 4.74 Å². The van der Waals surface area contributed by atoms with Crippen LogP contribution in [0.5, 0.6) is 0 Å². The summed E-state index contributed by atoms with van der Waals surface area (Å²) in [7, 11) is 0. The topological polar surface area (TPSA) is 26.3 Å². The summed E-state index contributed by atoms with van der Waals surface area (Å²) in [5.74, 6) is -0.421. The van der Waals surface area contributed by atoms with Crippen LogP contribution in [0.15, 0.2) is 24.3 Å². The first-order chi connectivity index (χ1) is 9.24. The molecule has 106 valence electrons. The first-order valence-electron chi connectivity index (χ1n) is 7.10. The molecule has 0 heterocycles. The van der Waals surface area contributed by atoms with E-state index in [1.54, 1.807) is 0 Å². The maximum absolute atomic E-state index is 12.7. The Kier molecular flexibility index (Phi) is 8.07. The minimum atomic E-state index is -0.329. The molecule has 2 nitrogen and oxygen atoms in total. The van der Waals surface area contributed by atoms with Gasteiger partial charge in [0.15, 0.2) is 5.78 Å². The number of halogens is 1. The highest BCUT2D eigenvalue weighted by Gasteiger charge is 2.05. The lowest BCUT2D eigenvalue weighted by atomic mass is 10.1. The molecule has 1 aromatic carbocycles. The summed E-state index contributed by atoms with van der Waals surface area (Å²) in [6, 6.07) is 5.57. The molecule has 0 saturated heterocycles. The minimum Gasteiger partial charge on any atom is -0.373 e. The summed E-state index contributed by atoms with van der Waals surface area (Å²) < 4.78 is 18.0. The summed E-state index contributed by atoms with van der Waals surface area (Å²) in [5, 5.41) is 0. The maximum atomic E-state index is 12.7. The van der Waals surface area contributed by atoms with Crippen LogP contribution in [-0.2, 0) is 4.74 Å². The number of Topliss-reactive ketones (excluding diaryl/α,β-unsaturated/α-hetero) is 1. The molecule has 1 aromatic rings. The van der Waals surface area contributed by atoms with Gasteiger partial charge in [-0.15, -0.1) is 0 Å². The van der Waals surface area contributed by atoms with E-state index in [0.29, 0.717) is 12.2 Å². The number of carbonyl (C=O) groups excluding carboxylic acids is 1. The number of hydrogen-bond acceptors (Lipinski definition) is 2. The molecule has 1 rings (SSSR count). The second kappa shape index (κ2) is 9.68. The van der Waals surface area contributed by atoms with E-state index in [4.69, 9.17) is 4.74 Å². The van der Waals surface area contributed by atoms with Gasteiger partial charge in [-0.05, 0) is 30.7 Å². The van der Waals surface area contributed by atoms with Crippen molar-refractivity contribution in [3.05, 3.63) is 35.6 Å². The highest BCUT2D eigenvalue weighted by atomic mass is 19.1. The molecule has 3 heteroatoms. The Hall–Kier alpha value is -1.22. The second-order valence-corrected chi connectivity index (χ2v) is 4.75. The van der Waals surface area contributed by atoms with Crippen molar-refractivity contribution in [2.45, 2.75) is 45.4 Å². The summed E-state index contributed by atoms with van der Waals surface area (Å²) in [5.41, 5.74) is 0.504. The van der Waals surface area contributed by atoms with Crippen molar-refractivity contribution in [3.8, 4) is 0 Å². The van der Waals surface area contributed by atoms with E-state index < -0.39 is 0 Å². The van der Waals surface area contributed by atoms with Crippen LogP contribution in [0, 0.1) is 5.82 Å². The van der Waals surface area contributed by atoms with E-state index in [1.165, 1.54) is 49.9 Å². The number of carbonyl (C=O) groups is 1. The summed E-state index contributed by atoms with van der Waals surface area (Å²) in [6.45, 7) is 2.91. The van der Waals surface area contributed by atoms with Crippen LogP contribution in [0.2, 0.25) is 0 Å². The summed E-state index contributed by atoms with van der Waals surface area (Å²) in [6.07, 6.45) is 7.23. The van der Waals surface area contributed by atoms with Gasteiger partial charge in [-0.3, -0.25) is 4.79 Å². The summed E-state index contributed by atoms with van der Waals surface area (Å²) >= 11 is 0. The number of unbranched alkanes of at least 4 members (excludes halogenated alkanes) is 5. The first kappa shape index (κ1) is 15.8. The third-order valence-electron chi connectivity index (χ3n) is 3.04. The van der Waals surface area contributed by atoms with Crippen molar-refractivity contribution in [2.75, 3.05) is 13.2 Å². The van der Waals surface area contributed by atoms with Gasteiger partial charge in [0, 0.05) is 12.2 Å². The highest BCUT2D eigenvalue weighted by Crippen LogP contribution is 2.06. The van der Waals surface area contributed by atoms with Gasteiger partial charge in [0.1, 0.15) is 12.4 Å². The fourth-order valence-corrected chi connectivity index (χ4v) is 1.87. The lowest BCUT2D eigenvalue weighted by molar-refractivity contribution is 0.0752. The van der Waals surface area contributed by atoms with E-state index in [2.05, 4.69) is 6.92 Å². The Morgan fingerprint density at radius 1 is 1.05 bits per heavy atom. The van der Waals surface area contributed by atoms with Gasteiger partial charge in [-0.1, -0.05) is 39.0 Å². The standard InChI is InChI=1S/C16H23FO2/c1-2-3-4-5-6-7-12-19-13-16(18)14-8-10-15(17)11-9-14/h8-11H,2-7,12-13H2,1H3. The van der Waals surface area contributed by atoms with Gasteiger partial charge in [0.25, 0.3) is 0 Å². The molecule has 0 N–H and O–H groups in total. The van der Waals surface area contributed by atoms with Crippen LogP contribution in [0.1, 0.15) is 55.8 Å². The number of hydrogen-bond donors (Lipinski definition) is 0. The molecule has 0 atom stereocenters. The van der Waals surface area contributed by atoms with Gasteiger partial charge in [-0.2, -0.15) is 0 Å². The molecule has 0 radical (unpaired) electrons. The van der Waals surface area contributed by atoms with Crippen LogP contribution in [0.3, 0.4) is 0 Å². The predicted octanol–water partition coefficient (Wildman–Crippen LogP) is 4.39. The van der Waals surface area contributed by atoms with Crippen molar-refractivity contribution in [3.63, 3.8) is 0 Å². The molecule has 0 amide bonds. The highest BCUT2D eigenvalue weighted by molar-refractivity contribution is 5.96. The van der Waals surface area contributed by atoms with Gasteiger partial charge in [0.05, 0.1) is 0 Å². The first-order valence-corrected chi connectivity index (χ1v) is 7.10. The van der Waals surface area contributed by atoms with Gasteiger partial charge >= 0.3 is 0 Å². The molecule has 0 aromatic heterocycles. The molecule has 0 aliphatic carbocycles. The zero-order chi connectivity index (χ0) is 13.9. The fraction of sp³-hybridized carbons (Fsp3) is 0.562. The van der Waals surface area contributed by atoms with E-state index in [9.17, 15) is 9.18 Å². The molecule has 0 aliphatic rings. The molecule has 19 heavy (non-hydrogen) atoms. The molecule has 0 spiro atoms. The zero-order valence-electron chi connectivity index (χ0n) is 11.7. The molecular formula is C16H23FO2. The quantitative estimate of drug-likeness (QED) is 0.464. The Bertz CT molecular complexity index is 360. The van der Waals surface area contributed by atoms with Gasteiger partial charge in [0.2, 0.25) is 0 Å². The molecule has 0 fully saturated rings. The van der Waals surface area contributed by atoms with E-state index in [0.717, 1.165) is 12.8 Å². The predicted molar refractivity (Wildman–Crippen MR) is 74.9 cm³/mol. The Morgan fingerprint density at radius 3 is 2.37 bits per heavy atom. The third-order valence-corrected chi connectivity index (χ3v) is 3.04. The molecule has 0 saturated carbocycles. The fourth-order valence-electron chi connectivity index (χ4n) is 1.87. The Balaban J connectivity index is 2.06. The monoisotopic (exact) mass is 266 g/mol. The lowest BCUT2D eigenvalue weighted by Crippen LogP contribution is -2.09. The van der Waals surface area contributed by atoms with Crippen LogP contribution < -0.4 is 0 Å². The molecule has 0 aliphatic heterocycles. The molecule has 0 unspecified atom stereocenters. The minimum absolute atomic E-state index is 0.0839. The number of benzene rings is 1. The Morgan fingerprint density at radius 2 is 1.68 bits per heavy atom. The van der Waals surface area contributed by atoms with Crippen LogP contribution >= 0.6 is 0 Å². The van der Waals surface area contributed by atoms with Crippen molar-refractivity contribution >= 4 is 5.78 Å². The van der Waals surface area contributed by atoms with E-state index in [-0.39, 0.29) is 18.2 Å². The molecule has 0 bridgehead atoms. The SMILES string of the molecule is CCCCCCCCOCC(=O)c1ccc(F)cc1. The number of rotatable bonds is 10. The van der Waals surface area contributed by atoms with Crippen molar-refractivity contribution < 1.29 is 13.9 Å². The number of ether oxygens (including phenoxy) is 1. The van der Waals surface area contributed by atoms with Crippen LogP contribution in [0.4, 0.5) is 4.39 Å². The normalized spacial score (nSPS) is 10.6. The summed E-state index contributed by atoms with van der Waals surface area (Å²) in [4.78, 5) is 11.7. The van der Waals surface area contributed by atoms with Crippen molar-refractivity contribution in [1.82, 2.24) is 0 Å². The molecular weight excluding hydrogens is 243 g/mol. The van der Waals surface area contributed by atoms with E-state index >= 15 is 0 Å². The lowest BCUT2D eigenvalue weighted by Gasteiger charge is -2.04. The van der Waals surface area contributed by atoms with Crippen molar-refractivity contribution in [1.29, 1.82) is 0 Å².